The number of pyridine rings is 1. The predicted molar refractivity (Wildman–Crippen MR) is 85.7 cm³/mol. The van der Waals surface area contributed by atoms with E-state index >= 15 is 0 Å². The Morgan fingerprint density at radius 3 is 2.58 bits per heavy atom. The highest BCUT2D eigenvalue weighted by atomic mass is 16.4. The molecule has 8 nitrogen and oxygen atoms in total. The van der Waals surface area contributed by atoms with Crippen molar-refractivity contribution < 1.29 is 19.5 Å². The van der Waals surface area contributed by atoms with Crippen molar-refractivity contribution in [1.82, 2.24) is 14.8 Å². The summed E-state index contributed by atoms with van der Waals surface area (Å²) in [6.07, 6.45) is 4.17. The van der Waals surface area contributed by atoms with Crippen LogP contribution < -0.4 is 5.73 Å². The summed E-state index contributed by atoms with van der Waals surface area (Å²) < 4.78 is 0. The third-order valence-electron chi connectivity index (χ3n) is 4.29. The summed E-state index contributed by atoms with van der Waals surface area (Å²) in [5.41, 5.74) is 5.64. The van der Waals surface area contributed by atoms with Gasteiger partial charge in [-0.15, -0.1) is 0 Å². The van der Waals surface area contributed by atoms with Crippen molar-refractivity contribution >= 4 is 17.8 Å². The number of carboxylic acids is 1. The van der Waals surface area contributed by atoms with Gasteiger partial charge in [0.15, 0.2) is 6.04 Å². The molecule has 0 radical (unpaired) electrons. The molecular formula is C16H22N4O4. The van der Waals surface area contributed by atoms with E-state index in [2.05, 4.69) is 4.98 Å². The number of primary amides is 1. The number of carboxylic acid groups (broad SMARTS) is 1. The second-order valence-electron chi connectivity index (χ2n) is 5.99. The molecule has 0 aliphatic carbocycles. The normalized spacial score (nSPS) is 17.2. The number of likely N-dealkylation sites (N-methyl/N-ethyl adjacent to an activating group) is 1. The van der Waals surface area contributed by atoms with Crippen LogP contribution in [0.25, 0.3) is 0 Å². The number of piperidine rings is 1. The van der Waals surface area contributed by atoms with E-state index in [1.54, 1.807) is 18.3 Å². The van der Waals surface area contributed by atoms with Gasteiger partial charge in [-0.3, -0.25) is 19.5 Å². The van der Waals surface area contributed by atoms with Gasteiger partial charge in [-0.1, -0.05) is 6.07 Å². The lowest BCUT2D eigenvalue weighted by Crippen LogP contribution is -2.45. The van der Waals surface area contributed by atoms with Gasteiger partial charge in [0.25, 0.3) is 0 Å². The number of hydrogen-bond acceptors (Lipinski definition) is 5. The molecule has 0 saturated carbocycles. The average Bonchev–Trinajstić information content (AvgIpc) is 2.55. The van der Waals surface area contributed by atoms with Crippen LogP contribution in [0.1, 0.15) is 24.4 Å². The summed E-state index contributed by atoms with van der Waals surface area (Å²) >= 11 is 0. The molecule has 130 valence electrons. The van der Waals surface area contributed by atoms with Crippen LogP contribution in [0.2, 0.25) is 0 Å². The summed E-state index contributed by atoms with van der Waals surface area (Å²) in [6, 6.07) is 2.23. The number of aromatic nitrogens is 1. The van der Waals surface area contributed by atoms with E-state index in [1.165, 1.54) is 18.1 Å². The first-order chi connectivity index (χ1) is 11.4. The van der Waals surface area contributed by atoms with Gasteiger partial charge >= 0.3 is 5.97 Å². The zero-order chi connectivity index (χ0) is 17.7. The maximum Gasteiger partial charge on any atom is 0.331 e. The zero-order valence-electron chi connectivity index (χ0n) is 13.6. The molecule has 2 heterocycles. The first-order valence-electron chi connectivity index (χ1n) is 7.80. The molecule has 2 rings (SSSR count). The Bertz CT molecular complexity index is 599. The van der Waals surface area contributed by atoms with Gasteiger partial charge in [-0.2, -0.15) is 0 Å². The van der Waals surface area contributed by atoms with Crippen LogP contribution in [0.15, 0.2) is 24.5 Å². The molecule has 1 saturated heterocycles. The summed E-state index contributed by atoms with van der Waals surface area (Å²) in [5.74, 6) is -1.94. The second-order valence-corrected chi connectivity index (χ2v) is 5.99. The summed E-state index contributed by atoms with van der Waals surface area (Å²) in [7, 11) is 1.50. The third kappa shape index (κ3) is 4.29. The van der Waals surface area contributed by atoms with Crippen LogP contribution in [0.5, 0.6) is 0 Å². The van der Waals surface area contributed by atoms with Crippen molar-refractivity contribution in [3.8, 4) is 0 Å². The summed E-state index contributed by atoms with van der Waals surface area (Å²) in [4.78, 5) is 42.3. The van der Waals surface area contributed by atoms with Gasteiger partial charge in [-0.05, 0) is 32.0 Å². The fourth-order valence-corrected chi connectivity index (χ4v) is 3.04. The minimum atomic E-state index is -1.09. The van der Waals surface area contributed by atoms with Gasteiger partial charge < -0.3 is 15.7 Å². The van der Waals surface area contributed by atoms with Crippen LogP contribution in [-0.2, 0) is 14.4 Å². The Morgan fingerprint density at radius 1 is 1.42 bits per heavy atom. The van der Waals surface area contributed by atoms with Gasteiger partial charge in [0, 0.05) is 30.9 Å². The number of amides is 2. The molecule has 0 aromatic carbocycles. The monoisotopic (exact) mass is 334 g/mol. The van der Waals surface area contributed by atoms with Crippen LogP contribution in [0.4, 0.5) is 0 Å². The minimum Gasteiger partial charge on any atom is -0.479 e. The van der Waals surface area contributed by atoms with E-state index in [-0.39, 0.29) is 24.3 Å². The molecule has 1 aromatic rings. The number of nitrogens with zero attached hydrogens (tertiary/aromatic N) is 3. The quantitative estimate of drug-likeness (QED) is 0.748. The molecule has 3 N–H and O–H groups in total. The van der Waals surface area contributed by atoms with Gasteiger partial charge in [0.2, 0.25) is 11.8 Å². The van der Waals surface area contributed by atoms with Crippen LogP contribution in [0, 0.1) is 5.92 Å². The molecule has 1 fully saturated rings. The molecule has 1 aliphatic heterocycles. The first-order valence-corrected chi connectivity index (χ1v) is 7.80. The fraction of sp³-hybridized carbons (Fsp3) is 0.500. The van der Waals surface area contributed by atoms with E-state index < -0.39 is 12.0 Å². The molecular weight excluding hydrogens is 312 g/mol. The molecule has 1 aliphatic rings. The lowest BCUT2D eigenvalue weighted by Gasteiger charge is -2.34. The van der Waals surface area contributed by atoms with Crippen LogP contribution in [0.3, 0.4) is 0 Å². The molecule has 2 amide bonds. The number of carbonyl (C=O) groups is 3. The Balaban J connectivity index is 2.03. The number of carbonyl (C=O) groups excluding carboxylic acids is 2. The van der Waals surface area contributed by atoms with E-state index in [4.69, 9.17) is 5.73 Å². The molecule has 0 spiro atoms. The van der Waals surface area contributed by atoms with E-state index in [0.29, 0.717) is 31.5 Å². The molecule has 1 aromatic heterocycles. The Labute approximate surface area is 140 Å². The number of hydrogen-bond donors (Lipinski definition) is 2. The summed E-state index contributed by atoms with van der Waals surface area (Å²) in [6.45, 7) is 1.37. The van der Waals surface area contributed by atoms with Crippen molar-refractivity contribution in [3.05, 3.63) is 30.1 Å². The fourth-order valence-electron chi connectivity index (χ4n) is 3.04. The highest BCUT2D eigenvalue weighted by molar-refractivity contribution is 5.85. The highest BCUT2D eigenvalue weighted by Crippen LogP contribution is 2.25. The number of rotatable bonds is 6. The van der Waals surface area contributed by atoms with Crippen molar-refractivity contribution in [3.63, 3.8) is 0 Å². The maximum atomic E-state index is 12.7. The number of nitrogens with two attached hydrogens (primary N) is 1. The topological polar surface area (TPSA) is 117 Å². The Morgan fingerprint density at radius 2 is 2.08 bits per heavy atom. The van der Waals surface area contributed by atoms with Crippen molar-refractivity contribution in [2.24, 2.45) is 11.7 Å². The first kappa shape index (κ1) is 17.9. The van der Waals surface area contributed by atoms with Gasteiger partial charge in [-0.25, -0.2) is 4.79 Å². The molecule has 24 heavy (non-hydrogen) atoms. The van der Waals surface area contributed by atoms with E-state index in [1.807, 2.05) is 4.90 Å². The second kappa shape index (κ2) is 7.87. The molecule has 8 heteroatoms. The predicted octanol–water partition coefficient (Wildman–Crippen LogP) is -0.137. The van der Waals surface area contributed by atoms with Gasteiger partial charge in [0.05, 0.1) is 6.54 Å². The van der Waals surface area contributed by atoms with Crippen molar-refractivity contribution in [2.75, 3.05) is 26.7 Å². The van der Waals surface area contributed by atoms with Crippen LogP contribution >= 0.6 is 0 Å². The Hall–Kier alpha value is -2.48. The van der Waals surface area contributed by atoms with E-state index in [9.17, 15) is 19.5 Å². The Kier molecular flexibility index (Phi) is 5.86. The molecule has 1 unspecified atom stereocenters. The zero-order valence-corrected chi connectivity index (χ0v) is 13.6. The molecule has 0 bridgehead atoms. The smallest absolute Gasteiger partial charge is 0.331 e. The lowest BCUT2D eigenvalue weighted by atomic mass is 9.94. The third-order valence-corrected chi connectivity index (χ3v) is 4.29. The lowest BCUT2D eigenvalue weighted by molar-refractivity contribution is -0.151. The van der Waals surface area contributed by atoms with E-state index in [0.717, 1.165) is 0 Å². The standard InChI is InChI=1S/C16H22N4O4/c1-19(14(16(23)24)12-3-2-6-18-9-12)15(22)11-4-7-20(8-5-11)10-13(17)21/h2-3,6,9,11,14H,4-5,7-8,10H2,1H3,(H2,17,21)(H,23,24). The van der Waals surface area contributed by atoms with Crippen molar-refractivity contribution in [2.45, 2.75) is 18.9 Å². The van der Waals surface area contributed by atoms with Gasteiger partial charge in [0.1, 0.15) is 0 Å². The molecule has 1 atom stereocenters. The highest BCUT2D eigenvalue weighted by Gasteiger charge is 2.34. The number of aliphatic carboxylic acids is 1. The summed E-state index contributed by atoms with van der Waals surface area (Å²) in [5, 5.41) is 9.50. The average molecular weight is 334 g/mol. The van der Waals surface area contributed by atoms with Crippen LogP contribution in [-0.4, -0.2) is 64.4 Å². The largest absolute Gasteiger partial charge is 0.479 e. The number of likely N-dealkylation sites (tertiary alicyclic amines) is 1. The SMILES string of the molecule is CN(C(=O)C1CCN(CC(N)=O)CC1)C(C(=O)O)c1cccnc1. The minimum absolute atomic E-state index is 0.185. The maximum absolute atomic E-state index is 12.7. The van der Waals surface area contributed by atoms with Crippen molar-refractivity contribution in [1.29, 1.82) is 0 Å².